The van der Waals surface area contributed by atoms with Gasteiger partial charge in [-0.15, -0.1) is 0 Å². The number of rotatable bonds is 6. The van der Waals surface area contributed by atoms with Crippen LogP contribution in [0, 0.1) is 11.3 Å². The topological polar surface area (TPSA) is 111 Å². The quantitative estimate of drug-likeness (QED) is 0.534. The molecule has 21 heavy (non-hydrogen) atoms. The number of carbonyl (C=O) groups is 2. The van der Waals surface area contributed by atoms with Crippen molar-refractivity contribution in [3.63, 3.8) is 0 Å². The molecule has 3 N–H and O–H groups in total. The van der Waals surface area contributed by atoms with E-state index in [4.69, 9.17) is 15.1 Å². The van der Waals surface area contributed by atoms with Crippen molar-refractivity contribution in [2.45, 2.75) is 13.0 Å². The Bertz CT molecular complexity index is 587. The number of carboxylic acid groups (broad SMARTS) is 1. The number of anilines is 1. The first-order valence-corrected chi connectivity index (χ1v) is 6.02. The van der Waals surface area contributed by atoms with Gasteiger partial charge >= 0.3 is 5.97 Å². The second-order valence-corrected chi connectivity index (χ2v) is 4.08. The number of aliphatic carboxylic acids is 1. The normalized spacial score (nSPS) is 12.0. The molecule has 0 aliphatic carbocycles. The van der Waals surface area contributed by atoms with Gasteiger partial charge in [0.25, 0.3) is 5.91 Å². The highest BCUT2D eigenvalue weighted by molar-refractivity contribution is 6.06. The Morgan fingerprint density at radius 3 is 2.48 bits per heavy atom. The second kappa shape index (κ2) is 7.55. The number of ether oxygens (including phenoxy) is 1. The van der Waals surface area contributed by atoms with Gasteiger partial charge in [-0.3, -0.25) is 9.59 Å². The lowest BCUT2D eigenvalue weighted by molar-refractivity contribution is -0.138. The molecule has 110 valence electrons. The molecule has 1 amide bonds. The summed E-state index contributed by atoms with van der Waals surface area (Å²) >= 11 is 0. The van der Waals surface area contributed by atoms with Gasteiger partial charge in [0, 0.05) is 11.9 Å². The maximum absolute atomic E-state index is 11.9. The van der Waals surface area contributed by atoms with Crippen molar-refractivity contribution in [1.29, 1.82) is 5.26 Å². The fourth-order valence-electron chi connectivity index (χ4n) is 1.30. The van der Waals surface area contributed by atoms with Crippen molar-refractivity contribution in [2.24, 2.45) is 0 Å². The monoisotopic (exact) mass is 289 g/mol. The molecule has 7 heteroatoms. The van der Waals surface area contributed by atoms with Gasteiger partial charge < -0.3 is 20.5 Å². The Morgan fingerprint density at radius 1 is 1.38 bits per heavy atom. The maximum Gasteiger partial charge on any atom is 0.325 e. The lowest BCUT2D eigenvalue weighted by Crippen LogP contribution is -2.30. The van der Waals surface area contributed by atoms with Crippen LogP contribution >= 0.6 is 0 Å². The molecule has 1 aromatic rings. The summed E-state index contributed by atoms with van der Waals surface area (Å²) in [5.74, 6) is -1.08. The third kappa shape index (κ3) is 4.87. The number of methoxy groups -OCH3 is 1. The summed E-state index contributed by atoms with van der Waals surface area (Å²) in [6, 6.07) is 7.38. The van der Waals surface area contributed by atoms with Crippen LogP contribution in [-0.4, -0.2) is 30.1 Å². The van der Waals surface area contributed by atoms with Crippen LogP contribution in [0.1, 0.15) is 6.92 Å². The smallest absolute Gasteiger partial charge is 0.325 e. The second-order valence-electron chi connectivity index (χ2n) is 4.08. The number of carbonyl (C=O) groups excluding carboxylic acids is 1. The Hall–Kier alpha value is -3.01. The van der Waals surface area contributed by atoms with Crippen LogP contribution in [0.4, 0.5) is 5.69 Å². The zero-order valence-electron chi connectivity index (χ0n) is 11.6. The Balaban J connectivity index is 2.72. The van der Waals surface area contributed by atoms with Crippen LogP contribution in [-0.2, 0) is 9.59 Å². The first-order valence-electron chi connectivity index (χ1n) is 6.02. The molecule has 0 spiro atoms. The van der Waals surface area contributed by atoms with Crippen molar-refractivity contribution in [1.82, 2.24) is 5.32 Å². The van der Waals surface area contributed by atoms with Crippen LogP contribution in [0.15, 0.2) is 36.0 Å². The van der Waals surface area contributed by atoms with Crippen LogP contribution in [0.25, 0.3) is 0 Å². The van der Waals surface area contributed by atoms with Crippen molar-refractivity contribution in [2.75, 3.05) is 12.4 Å². The maximum atomic E-state index is 11.9. The van der Waals surface area contributed by atoms with Crippen LogP contribution < -0.4 is 15.4 Å². The van der Waals surface area contributed by atoms with Gasteiger partial charge in [-0.05, 0) is 31.2 Å². The summed E-state index contributed by atoms with van der Waals surface area (Å²) in [4.78, 5) is 22.5. The molecule has 0 saturated carbocycles. The van der Waals surface area contributed by atoms with Crippen LogP contribution in [0.2, 0.25) is 0 Å². The number of benzene rings is 1. The molecule has 0 aliphatic rings. The summed E-state index contributed by atoms with van der Waals surface area (Å²) in [6.45, 7) is 1.40. The highest BCUT2D eigenvalue weighted by Gasteiger charge is 2.12. The number of amides is 1. The summed E-state index contributed by atoms with van der Waals surface area (Å²) in [5.41, 5.74) is 0.271. The SMILES string of the molecule is COc1ccc(NC(=O)/C(C#N)=C\NC(C)C(=O)O)cc1. The molecule has 1 rings (SSSR count). The Kier molecular flexibility index (Phi) is 5.77. The molecule has 1 aromatic carbocycles. The summed E-state index contributed by atoms with van der Waals surface area (Å²) in [5, 5.41) is 22.6. The van der Waals surface area contributed by atoms with Crippen molar-refractivity contribution in [3.8, 4) is 11.8 Å². The zero-order chi connectivity index (χ0) is 15.8. The summed E-state index contributed by atoms with van der Waals surface area (Å²) in [7, 11) is 1.53. The number of hydrogen-bond donors (Lipinski definition) is 3. The minimum absolute atomic E-state index is 0.223. The highest BCUT2D eigenvalue weighted by atomic mass is 16.5. The van der Waals surface area contributed by atoms with Crippen LogP contribution in [0.5, 0.6) is 5.75 Å². The fourth-order valence-corrected chi connectivity index (χ4v) is 1.30. The van der Waals surface area contributed by atoms with Crippen molar-refractivity contribution >= 4 is 17.6 Å². The van der Waals surface area contributed by atoms with Crippen molar-refractivity contribution in [3.05, 3.63) is 36.0 Å². The third-order valence-corrected chi connectivity index (χ3v) is 2.56. The first kappa shape index (κ1) is 16.0. The van der Waals surface area contributed by atoms with Crippen molar-refractivity contribution < 1.29 is 19.4 Å². The zero-order valence-corrected chi connectivity index (χ0v) is 11.6. The van der Waals surface area contributed by atoms with Gasteiger partial charge in [0.15, 0.2) is 0 Å². The fraction of sp³-hybridized carbons (Fsp3) is 0.214. The van der Waals surface area contributed by atoms with E-state index in [0.717, 1.165) is 6.20 Å². The van der Waals surface area contributed by atoms with Gasteiger partial charge in [-0.25, -0.2) is 0 Å². The summed E-state index contributed by atoms with van der Waals surface area (Å²) < 4.78 is 4.99. The van der Waals surface area contributed by atoms with E-state index in [1.54, 1.807) is 30.3 Å². The first-order chi connectivity index (χ1) is 9.97. The van der Waals surface area contributed by atoms with E-state index in [1.165, 1.54) is 14.0 Å². The molecule has 0 bridgehead atoms. The molecule has 0 aromatic heterocycles. The number of nitrogens with zero attached hydrogens (tertiary/aromatic N) is 1. The molecule has 0 aliphatic heterocycles. The molecule has 0 heterocycles. The average molecular weight is 289 g/mol. The molecule has 7 nitrogen and oxygen atoms in total. The van der Waals surface area contributed by atoms with Crippen LogP contribution in [0.3, 0.4) is 0 Å². The number of carboxylic acids is 1. The highest BCUT2D eigenvalue weighted by Crippen LogP contribution is 2.15. The average Bonchev–Trinajstić information content (AvgIpc) is 2.48. The number of hydrogen-bond acceptors (Lipinski definition) is 5. The standard InChI is InChI=1S/C14H15N3O4/c1-9(14(19)20)16-8-10(7-15)13(18)17-11-3-5-12(21-2)6-4-11/h3-6,8-9,16H,1-2H3,(H,17,18)(H,19,20)/b10-8-. The molecular weight excluding hydrogens is 274 g/mol. The lowest BCUT2D eigenvalue weighted by Gasteiger charge is -2.08. The van der Waals surface area contributed by atoms with E-state index >= 15 is 0 Å². The molecule has 1 unspecified atom stereocenters. The van der Waals surface area contributed by atoms with E-state index in [0.29, 0.717) is 11.4 Å². The van der Waals surface area contributed by atoms with Gasteiger partial charge in [0.2, 0.25) is 0 Å². The van der Waals surface area contributed by atoms with E-state index in [2.05, 4.69) is 10.6 Å². The van der Waals surface area contributed by atoms with E-state index in [9.17, 15) is 9.59 Å². The largest absolute Gasteiger partial charge is 0.497 e. The molecule has 0 saturated heterocycles. The number of nitrogens with one attached hydrogen (secondary N) is 2. The van der Waals surface area contributed by atoms with Gasteiger partial charge in [0.1, 0.15) is 23.4 Å². The molecule has 1 atom stereocenters. The van der Waals surface area contributed by atoms with Gasteiger partial charge in [-0.1, -0.05) is 0 Å². The Morgan fingerprint density at radius 2 is 2.00 bits per heavy atom. The predicted octanol–water partition coefficient (Wildman–Crippen LogP) is 1.10. The van der Waals surface area contributed by atoms with E-state index in [-0.39, 0.29) is 5.57 Å². The minimum Gasteiger partial charge on any atom is -0.497 e. The summed E-state index contributed by atoms with van der Waals surface area (Å²) in [6.07, 6.45) is 1.08. The Labute approximate surface area is 121 Å². The minimum atomic E-state index is -1.08. The third-order valence-electron chi connectivity index (χ3n) is 2.56. The van der Waals surface area contributed by atoms with Gasteiger partial charge in [0.05, 0.1) is 7.11 Å². The number of nitriles is 1. The molecule has 0 radical (unpaired) electrons. The molecular formula is C14H15N3O4. The molecule has 0 fully saturated rings. The van der Waals surface area contributed by atoms with E-state index in [1.807, 2.05) is 0 Å². The lowest BCUT2D eigenvalue weighted by atomic mass is 10.2. The van der Waals surface area contributed by atoms with E-state index < -0.39 is 17.9 Å². The van der Waals surface area contributed by atoms with Gasteiger partial charge in [-0.2, -0.15) is 5.26 Å². The predicted molar refractivity (Wildman–Crippen MR) is 75.6 cm³/mol.